The predicted octanol–water partition coefficient (Wildman–Crippen LogP) is 9.04. The van der Waals surface area contributed by atoms with Gasteiger partial charge >= 0.3 is 12.1 Å². The van der Waals surface area contributed by atoms with E-state index in [1.54, 1.807) is 36.5 Å². The number of methoxy groups -OCH3 is 1. The van der Waals surface area contributed by atoms with Crippen LogP contribution in [0.4, 0.5) is 13.2 Å². The quantitative estimate of drug-likeness (QED) is 0.174. The fraction of sp³-hybridized carbons (Fsp3) is 0.216. The monoisotopic (exact) mass is 626 g/mol. The van der Waals surface area contributed by atoms with Crippen molar-refractivity contribution in [1.82, 2.24) is 10.3 Å². The van der Waals surface area contributed by atoms with Gasteiger partial charge in [-0.3, -0.25) is 14.6 Å². The second-order valence-corrected chi connectivity index (χ2v) is 12.0. The zero-order valence-corrected chi connectivity index (χ0v) is 25.8. The van der Waals surface area contributed by atoms with Crippen LogP contribution in [0.25, 0.3) is 21.9 Å². The summed E-state index contributed by atoms with van der Waals surface area (Å²) in [6, 6.07) is 26.1. The van der Waals surface area contributed by atoms with Crippen LogP contribution in [-0.2, 0) is 21.1 Å². The average molecular weight is 627 g/mol. The number of ether oxygens (including phenoxy) is 2. The highest BCUT2D eigenvalue weighted by molar-refractivity contribution is 5.97. The van der Waals surface area contributed by atoms with Crippen LogP contribution in [0, 0.1) is 0 Å². The van der Waals surface area contributed by atoms with Crippen LogP contribution in [0.5, 0.6) is 11.5 Å². The molecule has 1 unspecified atom stereocenters. The summed E-state index contributed by atoms with van der Waals surface area (Å²) in [5.41, 5.74) is 2.53. The summed E-state index contributed by atoms with van der Waals surface area (Å²) in [6.07, 6.45) is -2.96. The number of carbonyl (C=O) groups is 2. The van der Waals surface area contributed by atoms with Crippen molar-refractivity contribution in [3.63, 3.8) is 0 Å². The molecular weight excluding hydrogens is 593 g/mol. The number of nitrogens with zero attached hydrogens (tertiary/aromatic N) is 1. The lowest BCUT2D eigenvalue weighted by molar-refractivity contribution is -0.141. The van der Waals surface area contributed by atoms with E-state index in [0.29, 0.717) is 28.2 Å². The van der Waals surface area contributed by atoms with Crippen LogP contribution < -0.4 is 10.1 Å². The van der Waals surface area contributed by atoms with Crippen molar-refractivity contribution in [3.8, 4) is 22.6 Å². The van der Waals surface area contributed by atoms with E-state index in [1.807, 2.05) is 42.5 Å². The van der Waals surface area contributed by atoms with E-state index in [9.17, 15) is 22.8 Å². The highest BCUT2D eigenvalue weighted by atomic mass is 19.4. The molecule has 1 N–H and O–H groups in total. The standard InChI is InChI=1S/C37H33F3N2O4/c1-36(2,3)28-14-17-30(18-15-28)46-31-16-11-26-22-41-33(20-27(26)19-31)35(44)42-32(21-34(43)45-4)25-7-5-23(6-8-25)24-9-12-29(13-10-24)37(38,39)40/h5-20,22,32H,21H2,1-4H3,(H,42,44). The molecule has 1 heterocycles. The van der Waals surface area contributed by atoms with Gasteiger partial charge in [0.2, 0.25) is 0 Å². The molecule has 0 spiro atoms. The van der Waals surface area contributed by atoms with Crippen molar-refractivity contribution >= 4 is 22.6 Å². The largest absolute Gasteiger partial charge is 0.469 e. The highest BCUT2D eigenvalue weighted by Crippen LogP contribution is 2.32. The summed E-state index contributed by atoms with van der Waals surface area (Å²) >= 11 is 0. The molecule has 0 saturated carbocycles. The predicted molar refractivity (Wildman–Crippen MR) is 171 cm³/mol. The number of nitrogens with one attached hydrogen (secondary N) is 1. The van der Waals surface area contributed by atoms with Crippen LogP contribution in [0.3, 0.4) is 0 Å². The topological polar surface area (TPSA) is 77.5 Å². The van der Waals surface area contributed by atoms with Gasteiger partial charge in [0.15, 0.2) is 0 Å². The van der Waals surface area contributed by atoms with Gasteiger partial charge in [0.05, 0.1) is 25.1 Å². The molecule has 0 bridgehead atoms. The summed E-state index contributed by atoms with van der Waals surface area (Å²) in [5, 5.41) is 4.44. The van der Waals surface area contributed by atoms with E-state index in [0.717, 1.165) is 22.9 Å². The number of hydrogen-bond acceptors (Lipinski definition) is 5. The van der Waals surface area contributed by atoms with E-state index < -0.39 is 29.7 Å². The van der Waals surface area contributed by atoms with Crippen molar-refractivity contribution in [1.29, 1.82) is 0 Å². The first-order valence-corrected chi connectivity index (χ1v) is 14.6. The molecule has 0 aliphatic carbocycles. The number of halogens is 3. The lowest BCUT2D eigenvalue weighted by atomic mass is 9.87. The van der Waals surface area contributed by atoms with Gasteiger partial charge in [0, 0.05) is 11.6 Å². The minimum Gasteiger partial charge on any atom is -0.469 e. The van der Waals surface area contributed by atoms with Gasteiger partial charge in [0.1, 0.15) is 17.2 Å². The van der Waals surface area contributed by atoms with E-state index in [2.05, 4.69) is 31.1 Å². The van der Waals surface area contributed by atoms with E-state index in [4.69, 9.17) is 9.47 Å². The Bertz CT molecular complexity index is 1840. The number of hydrogen-bond donors (Lipinski definition) is 1. The van der Waals surface area contributed by atoms with Gasteiger partial charge in [-0.05, 0) is 81.6 Å². The second kappa shape index (κ2) is 13.0. The average Bonchev–Trinajstić information content (AvgIpc) is 3.03. The van der Waals surface area contributed by atoms with E-state index >= 15 is 0 Å². The SMILES string of the molecule is COC(=O)CC(NC(=O)c1cc2cc(Oc3ccc(C(C)(C)C)cc3)ccc2cn1)c1ccc(-c2ccc(C(F)(F)F)cc2)cc1. The number of esters is 1. The Morgan fingerprint density at radius 3 is 1.93 bits per heavy atom. The Hall–Kier alpha value is -5.18. The van der Waals surface area contributed by atoms with Crippen molar-refractivity contribution in [2.75, 3.05) is 7.11 Å². The summed E-state index contributed by atoms with van der Waals surface area (Å²) in [7, 11) is 1.26. The molecular formula is C37H33F3N2O4. The number of carbonyl (C=O) groups excluding carboxylic acids is 2. The fourth-order valence-electron chi connectivity index (χ4n) is 4.96. The van der Waals surface area contributed by atoms with Crippen molar-refractivity contribution in [3.05, 3.63) is 126 Å². The maximum Gasteiger partial charge on any atom is 0.416 e. The molecule has 0 radical (unpaired) electrons. The fourth-order valence-corrected chi connectivity index (χ4v) is 4.96. The van der Waals surface area contributed by atoms with Gasteiger partial charge in [0.25, 0.3) is 5.91 Å². The van der Waals surface area contributed by atoms with Gasteiger partial charge in [-0.2, -0.15) is 13.2 Å². The van der Waals surface area contributed by atoms with E-state index in [-0.39, 0.29) is 17.5 Å². The second-order valence-electron chi connectivity index (χ2n) is 12.0. The Labute approximate surface area is 265 Å². The molecule has 9 heteroatoms. The Morgan fingerprint density at radius 2 is 1.35 bits per heavy atom. The van der Waals surface area contributed by atoms with Gasteiger partial charge in [-0.15, -0.1) is 0 Å². The highest BCUT2D eigenvalue weighted by Gasteiger charge is 2.30. The maximum absolute atomic E-state index is 13.4. The Kier molecular flexibility index (Phi) is 9.14. The van der Waals surface area contributed by atoms with Crippen LogP contribution in [0.2, 0.25) is 0 Å². The van der Waals surface area contributed by atoms with Gasteiger partial charge in [-0.1, -0.05) is 69.3 Å². The van der Waals surface area contributed by atoms with Gasteiger partial charge in [-0.25, -0.2) is 0 Å². The molecule has 0 aliphatic rings. The minimum absolute atomic E-state index is 0.0280. The molecule has 0 fully saturated rings. The molecule has 6 nitrogen and oxygen atoms in total. The molecule has 0 aliphatic heterocycles. The number of pyridine rings is 1. The molecule has 236 valence electrons. The molecule has 4 aromatic carbocycles. The third-order valence-electron chi connectivity index (χ3n) is 7.64. The lowest BCUT2D eigenvalue weighted by Gasteiger charge is -2.19. The number of alkyl halides is 3. The Balaban J connectivity index is 1.34. The molecule has 5 aromatic rings. The Morgan fingerprint density at radius 1 is 0.761 bits per heavy atom. The van der Waals surface area contributed by atoms with Gasteiger partial charge < -0.3 is 14.8 Å². The lowest BCUT2D eigenvalue weighted by Crippen LogP contribution is -2.31. The summed E-state index contributed by atoms with van der Waals surface area (Å²) < 4.78 is 49.8. The summed E-state index contributed by atoms with van der Waals surface area (Å²) in [4.78, 5) is 30.0. The minimum atomic E-state index is -4.42. The maximum atomic E-state index is 13.4. The zero-order chi connectivity index (χ0) is 33.1. The molecule has 1 amide bonds. The van der Waals surface area contributed by atoms with Crippen molar-refractivity contribution < 1.29 is 32.2 Å². The normalized spacial score (nSPS) is 12.4. The van der Waals surface area contributed by atoms with Crippen molar-refractivity contribution in [2.24, 2.45) is 0 Å². The number of fused-ring (bicyclic) bond motifs is 1. The smallest absolute Gasteiger partial charge is 0.416 e. The van der Waals surface area contributed by atoms with Crippen molar-refractivity contribution in [2.45, 2.75) is 44.8 Å². The third-order valence-corrected chi connectivity index (χ3v) is 7.64. The first kappa shape index (κ1) is 32.2. The van der Waals surface area contributed by atoms with E-state index in [1.165, 1.54) is 24.8 Å². The molecule has 1 atom stereocenters. The molecule has 5 rings (SSSR count). The van der Waals surface area contributed by atoms with Crippen LogP contribution in [-0.4, -0.2) is 24.0 Å². The van der Waals surface area contributed by atoms with Crippen LogP contribution >= 0.6 is 0 Å². The molecule has 1 aromatic heterocycles. The number of amides is 1. The van der Waals surface area contributed by atoms with Crippen LogP contribution in [0.1, 0.15) is 60.4 Å². The first-order valence-electron chi connectivity index (χ1n) is 14.6. The zero-order valence-electron chi connectivity index (χ0n) is 25.8. The number of aromatic nitrogens is 1. The third kappa shape index (κ3) is 7.72. The summed E-state index contributed by atoms with van der Waals surface area (Å²) in [5.74, 6) is 0.271. The summed E-state index contributed by atoms with van der Waals surface area (Å²) in [6.45, 7) is 6.44. The molecule has 0 saturated heterocycles. The molecule has 46 heavy (non-hydrogen) atoms. The number of benzene rings is 4. The first-order chi connectivity index (χ1) is 21.8. The number of rotatable bonds is 8. The van der Waals surface area contributed by atoms with Crippen LogP contribution in [0.15, 0.2) is 103 Å².